The molecule has 1 amide bonds. The zero-order chi connectivity index (χ0) is 15.0. The van der Waals surface area contributed by atoms with Gasteiger partial charge in [0.2, 0.25) is 5.91 Å². The third-order valence-corrected chi connectivity index (χ3v) is 3.51. The normalized spacial score (nSPS) is 11.9. The number of anilines is 1. The highest BCUT2D eigenvalue weighted by Gasteiger charge is 2.09. The van der Waals surface area contributed by atoms with E-state index in [0.717, 1.165) is 24.9 Å². The second-order valence-electron chi connectivity index (χ2n) is 5.07. The molecule has 20 heavy (non-hydrogen) atoms. The summed E-state index contributed by atoms with van der Waals surface area (Å²) in [5, 5.41) is 2.85. The lowest BCUT2D eigenvalue weighted by atomic mass is 9.96. The Bertz CT molecular complexity index is 440. The van der Waals surface area contributed by atoms with E-state index < -0.39 is 0 Å². The molecule has 0 fully saturated rings. The highest BCUT2D eigenvalue weighted by Crippen LogP contribution is 2.16. The number of carbonyl (C=O) groups excluding carboxylic acids is 2. The van der Waals surface area contributed by atoms with Crippen molar-refractivity contribution in [2.75, 3.05) is 11.9 Å². The molecule has 0 saturated carbocycles. The summed E-state index contributed by atoms with van der Waals surface area (Å²) >= 11 is 0. The number of nitrogens with two attached hydrogens (primary N) is 1. The SMILES string of the molecule is CCC(CCN)CCC(=O)Nc1ccc(C(C)=O)cc1. The molecule has 0 spiro atoms. The van der Waals surface area contributed by atoms with Crippen molar-refractivity contribution in [2.24, 2.45) is 11.7 Å². The topological polar surface area (TPSA) is 72.2 Å². The molecule has 4 nitrogen and oxygen atoms in total. The van der Waals surface area contributed by atoms with Gasteiger partial charge in [-0.05, 0) is 56.5 Å². The fraction of sp³-hybridized carbons (Fsp3) is 0.500. The Morgan fingerprint density at radius 2 is 1.85 bits per heavy atom. The number of ketones is 1. The summed E-state index contributed by atoms with van der Waals surface area (Å²) in [7, 11) is 0. The Kier molecular flexibility index (Phi) is 6.94. The van der Waals surface area contributed by atoms with E-state index in [-0.39, 0.29) is 11.7 Å². The predicted molar refractivity (Wildman–Crippen MR) is 81.8 cm³/mol. The van der Waals surface area contributed by atoms with Crippen LogP contribution in [0.3, 0.4) is 0 Å². The molecule has 3 N–H and O–H groups in total. The van der Waals surface area contributed by atoms with E-state index in [1.54, 1.807) is 24.3 Å². The Labute approximate surface area is 120 Å². The van der Waals surface area contributed by atoms with E-state index in [1.165, 1.54) is 6.92 Å². The molecule has 0 radical (unpaired) electrons. The van der Waals surface area contributed by atoms with Crippen LogP contribution in [-0.2, 0) is 4.79 Å². The van der Waals surface area contributed by atoms with Crippen LogP contribution in [0.4, 0.5) is 5.69 Å². The van der Waals surface area contributed by atoms with Gasteiger partial charge in [0.15, 0.2) is 5.78 Å². The third kappa shape index (κ3) is 5.53. The summed E-state index contributed by atoms with van der Waals surface area (Å²) in [5.74, 6) is 0.553. The van der Waals surface area contributed by atoms with Crippen molar-refractivity contribution >= 4 is 17.4 Å². The lowest BCUT2D eigenvalue weighted by molar-refractivity contribution is -0.116. The summed E-state index contributed by atoms with van der Waals surface area (Å²) in [6.45, 7) is 4.32. The van der Waals surface area contributed by atoms with Crippen molar-refractivity contribution < 1.29 is 9.59 Å². The van der Waals surface area contributed by atoms with E-state index in [4.69, 9.17) is 5.73 Å². The van der Waals surface area contributed by atoms with E-state index in [1.807, 2.05) is 0 Å². The van der Waals surface area contributed by atoms with Gasteiger partial charge in [0.1, 0.15) is 0 Å². The van der Waals surface area contributed by atoms with E-state index in [9.17, 15) is 9.59 Å². The summed E-state index contributed by atoms with van der Waals surface area (Å²) in [6, 6.07) is 6.96. The van der Waals surface area contributed by atoms with Crippen LogP contribution >= 0.6 is 0 Å². The summed E-state index contributed by atoms with van der Waals surface area (Å²) in [6.07, 6.45) is 3.40. The molecular weight excluding hydrogens is 252 g/mol. The van der Waals surface area contributed by atoms with Crippen molar-refractivity contribution in [1.82, 2.24) is 0 Å². The molecule has 0 heterocycles. The summed E-state index contributed by atoms with van der Waals surface area (Å²) in [5.41, 5.74) is 6.92. The molecule has 0 bridgehead atoms. The first kappa shape index (κ1) is 16.4. The first-order chi connectivity index (χ1) is 9.56. The Hall–Kier alpha value is -1.68. The first-order valence-corrected chi connectivity index (χ1v) is 7.17. The predicted octanol–water partition coefficient (Wildman–Crippen LogP) is 2.98. The minimum absolute atomic E-state index is 0.0102. The van der Waals surface area contributed by atoms with Crippen LogP contribution in [0, 0.1) is 5.92 Å². The Morgan fingerprint density at radius 1 is 1.20 bits per heavy atom. The maximum absolute atomic E-state index is 11.8. The third-order valence-electron chi connectivity index (χ3n) is 3.51. The largest absolute Gasteiger partial charge is 0.330 e. The van der Waals surface area contributed by atoms with Crippen molar-refractivity contribution in [2.45, 2.75) is 39.5 Å². The van der Waals surface area contributed by atoms with Gasteiger partial charge in [-0.3, -0.25) is 9.59 Å². The minimum atomic E-state index is 0.0102. The van der Waals surface area contributed by atoms with Crippen LogP contribution < -0.4 is 11.1 Å². The van der Waals surface area contributed by atoms with E-state index in [0.29, 0.717) is 24.4 Å². The number of amides is 1. The molecule has 0 aromatic heterocycles. The van der Waals surface area contributed by atoms with Crippen LogP contribution in [0.2, 0.25) is 0 Å². The van der Waals surface area contributed by atoms with Crippen molar-refractivity contribution in [3.63, 3.8) is 0 Å². The molecular formula is C16H24N2O2. The van der Waals surface area contributed by atoms with Gasteiger partial charge >= 0.3 is 0 Å². The van der Waals surface area contributed by atoms with Crippen LogP contribution in [0.1, 0.15) is 49.9 Å². The molecule has 0 aliphatic carbocycles. The standard InChI is InChI=1S/C16H24N2O2/c1-3-13(10-11-17)4-9-16(20)18-15-7-5-14(6-8-15)12(2)19/h5-8,13H,3-4,9-11,17H2,1-2H3,(H,18,20). The lowest BCUT2D eigenvalue weighted by Gasteiger charge is -2.13. The Balaban J connectivity index is 2.43. The average Bonchev–Trinajstić information content (AvgIpc) is 2.44. The monoisotopic (exact) mass is 276 g/mol. The molecule has 1 atom stereocenters. The molecule has 0 saturated heterocycles. The first-order valence-electron chi connectivity index (χ1n) is 7.17. The maximum Gasteiger partial charge on any atom is 0.224 e. The van der Waals surface area contributed by atoms with Gasteiger partial charge in [-0.2, -0.15) is 0 Å². The van der Waals surface area contributed by atoms with Gasteiger partial charge in [-0.15, -0.1) is 0 Å². The zero-order valence-corrected chi connectivity index (χ0v) is 12.3. The second-order valence-corrected chi connectivity index (χ2v) is 5.07. The lowest BCUT2D eigenvalue weighted by Crippen LogP contribution is -2.15. The molecule has 4 heteroatoms. The van der Waals surface area contributed by atoms with Gasteiger partial charge < -0.3 is 11.1 Å². The number of rotatable bonds is 8. The zero-order valence-electron chi connectivity index (χ0n) is 12.3. The van der Waals surface area contributed by atoms with Gasteiger partial charge in [-0.1, -0.05) is 13.3 Å². The molecule has 0 aliphatic heterocycles. The van der Waals surface area contributed by atoms with Crippen LogP contribution in [0.25, 0.3) is 0 Å². The van der Waals surface area contributed by atoms with Gasteiger partial charge in [0, 0.05) is 17.7 Å². The Morgan fingerprint density at radius 3 is 2.35 bits per heavy atom. The average molecular weight is 276 g/mol. The molecule has 0 aliphatic rings. The second kappa shape index (κ2) is 8.48. The number of hydrogen-bond donors (Lipinski definition) is 2. The van der Waals surface area contributed by atoms with Crippen LogP contribution in [-0.4, -0.2) is 18.2 Å². The maximum atomic E-state index is 11.8. The highest BCUT2D eigenvalue weighted by atomic mass is 16.1. The molecule has 1 aromatic carbocycles. The fourth-order valence-corrected chi connectivity index (χ4v) is 2.14. The molecule has 1 aromatic rings. The van der Waals surface area contributed by atoms with Gasteiger partial charge in [0.05, 0.1) is 0 Å². The highest BCUT2D eigenvalue weighted by molar-refractivity contribution is 5.95. The van der Waals surface area contributed by atoms with Crippen molar-refractivity contribution in [3.05, 3.63) is 29.8 Å². The fourth-order valence-electron chi connectivity index (χ4n) is 2.14. The van der Waals surface area contributed by atoms with Crippen molar-refractivity contribution in [1.29, 1.82) is 0 Å². The summed E-state index contributed by atoms with van der Waals surface area (Å²) < 4.78 is 0. The van der Waals surface area contributed by atoms with Crippen molar-refractivity contribution in [3.8, 4) is 0 Å². The number of carbonyl (C=O) groups is 2. The molecule has 1 rings (SSSR count). The quantitative estimate of drug-likeness (QED) is 0.717. The number of Topliss-reactive ketones (excluding diaryl/α,β-unsaturated/α-hetero) is 1. The molecule has 1 unspecified atom stereocenters. The van der Waals surface area contributed by atoms with Crippen LogP contribution in [0.15, 0.2) is 24.3 Å². The number of benzene rings is 1. The van der Waals surface area contributed by atoms with Gasteiger partial charge in [-0.25, -0.2) is 0 Å². The van der Waals surface area contributed by atoms with Gasteiger partial charge in [0.25, 0.3) is 0 Å². The van der Waals surface area contributed by atoms with E-state index >= 15 is 0 Å². The smallest absolute Gasteiger partial charge is 0.224 e. The number of hydrogen-bond acceptors (Lipinski definition) is 3. The number of nitrogens with one attached hydrogen (secondary N) is 1. The summed E-state index contributed by atoms with van der Waals surface area (Å²) in [4.78, 5) is 23.0. The minimum Gasteiger partial charge on any atom is -0.330 e. The van der Waals surface area contributed by atoms with Crippen LogP contribution in [0.5, 0.6) is 0 Å². The van der Waals surface area contributed by atoms with E-state index in [2.05, 4.69) is 12.2 Å². The molecule has 110 valence electrons.